The number of ether oxygens (including phenoxy) is 1. The fourth-order valence-corrected chi connectivity index (χ4v) is 4.12. The Hall–Kier alpha value is -3.45. The van der Waals surface area contributed by atoms with E-state index in [1.54, 1.807) is 13.0 Å². The standard InChI is InChI=1S/C23H22N2O4S/c1-14-9-7-8-12-17(14)24-21(27)20-15(2)19(23(28)29-3)22(30-20)25-18(26)13-16-10-5-4-6-11-16/h4-12H,13H2,1-3H3,(H,24,27)(H,25,26). The summed E-state index contributed by atoms with van der Waals surface area (Å²) in [4.78, 5) is 38.1. The SMILES string of the molecule is COC(=O)c1c(NC(=O)Cc2ccccc2)sc(C(=O)Nc2ccccc2C)c1C. The van der Waals surface area contributed by atoms with E-state index in [2.05, 4.69) is 10.6 Å². The van der Waals surface area contributed by atoms with E-state index < -0.39 is 5.97 Å². The van der Waals surface area contributed by atoms with Gasteiger partial charge in [-0.05, 0) is 36.6 Å². The second-order valence-corrected chi connectivity index (χ2v) is 7.75. The molecule has 154 valence electrons. The minimum Gasteiger partial charge on any atom is -0.465 e. The van der Waals surface area contributed by atoms with E-state index in [0.717, 1.165) is 22.5 Å². The van der Waals surface area contributed by atoms with Gasteiger partial charge in [-0.25, -0.2) is 4.79 Å². The van der Waals surface area contributed by atoms with Gasteiger partial charge in [0.15, 0.2) is 0 Å². The van der Waals surface area contributed by atoms with Crippen LogP contribution in [0.15, 0.2) is 54.6 Å². The van der Waals surface area contributed by atoms with Crippen LogP contribution in [0.3, 0.4) is 0 Å². The van der Waals surface area contributed by atoms with Crippen LogP contribution in [0.4, 0.5) is 10.7 Å². The zero-order chi connectivity index (χ0) is 21.7. The molecule has 0 atom stereocenters. The maximum Gasteiger partial charge on any atom is 0.341 e. The number of esters is 1. The molecule has 0 aliphatic rings. The van der Waals surface area contributed by atoms with Gasteiger partial charge in [-0.15, -0.1) is 11.3 Å². The highest BCUT2D eigenvalue weighted by molar-refractivity contribution is 7.18. The second kappa shape index (κ2) is 9.37. The number of rotatable bonds is 6. The molecular weight excluding hydrogens is 400 g/mol. The second-order valence-electron chi connectivity index (χ2n) is 6.73. The van der Waals surface area contributed by atoms with Crippen LogP contribution in [-0.4, -0.2) is 24.9 Å². The van der Waals surface area contributed by atoms with Gasteiger partial charge in [0.25, 0.3) is 5.91 Å². The van der Waals surface area contributed by atoms with Gasteiger partial charge >= 0.3 is 5.97 Å². The van der Waals surface area contributed by atoms with Crippen molar-refractivity contribution in [1.82, 2.24) is 0 Å². The van der Waals surface area contributed by atoms with Crippen LogP contribution in [0.25, 0.3) is 0 Å². The maximum absolute atomic E-state index is 12.9. The third kappa shape index (κ3) is 4.75. The number of carbonyl (C=O) groups is 3. The summed E-state index contributed by atoms with van der Waals surface area (Å²) in [6.07, 6.45) is 0.156. The van der Waals surface area contributed by atoms with E-state index in [9.17, 15) is 14.4 Å². The highest BCUT2D eigenvalue weighted by Crippen LogP contribution is 2.34. The van der Waals surface area contributed by atoms with Crippen LogP contribution in [0.5, 0.6) is 0 Å². The number of aryl methyl sites for hydroxylation is 1. The van der Waals surface area contributed by atoms with Crippen molar-refractivity contribution in [2.75, 3.05) is 17.7 Å². The minimum absolute atomic E-state index is 0.156. The highest BCUT2D eigenvalue weighted by atomic mass is 32.1. The Morgan fingerprint density at radius 2 is 1.60 bits per heavy atom. The van der Waals surface area contributed by atoms with Crippen LogP contribution >= 0.6 is 11.3 Å². The number of hydrogen-bond donors (Lipinski definition) is 2. The monoisotopic (exact) mass is 422 g/mol. The van der Waals surface area contributed by atoms with Crippen LogP contribution in [0.1, 0.15) is 36.7 Å². The molecule has 3 aromatic rings. The Balaban J connectivity index is 1.87. The lowest BCUT2D eigenvalue weighted by molar-refractivity contribution is -0.115. The zero-order valence-electron chi connectivity index (χ0n) is 16.9. The first-order chi connectivity index (χ1) is 14.4. The molecule has 7 heteroatoms. The predicted octanol–water partition coefficient (Wildman–Crippen LogP) is 4.59. The molecule has 0 bridgehead atoms. The molecule has 0 aliphatic carbocycles. The molecule has 2 amide bonds. The number of hydrogen-bond acceptors (Lipinski definition) is 5. The van der Waals surface area contributed by atoms with Gasteiger partial charge in [0.05, 0.1) is 24.0 Å². The van der Waals surface area contributed by atoms with Crippen LogP contribution < -0.4 is 10.6 Å². The minimum atomic E-state index is -0.603. The molecule has 1 heterocycles. The summed E-state index contributed by atoms with van der Waals surface area (Å²) >= 11 is 1.06. The number of para-hydroxylation sites is 1. The molecule has 6 nitrogen and oxygen atoms in total. The summed E-state index contributed by atoms with van der Waals surface area (Å²) in [5, 5.41) is 5.93. The van der Waals surface area contributed by atoms with Crippen molar-refractivity contribution in [1.29, 1.82) is 0 Å². The third-order valence-electron chi connectivity index (χ3n) is 4.60. The van der Waals surface area contributed by atoms with Crippen LogP contribution in [0, 0.1) is 13.8 Å². The first-order valence-electron chi connectivity index (χ1n) is 9.33. The molecule has 0 aliphatic heterocycles. The fraction of sp³-hybridized carbons (Fsp3) is 0.174. The van der Waals surface area contributed by atoms with E-state index in [4.69, 9.17) is 4.74 Å². The van der Waals surface area contributed by atoms with Gasteiger partial charge in [0.2, 0.25) is 5.91 Å². The Labute approximate surface area is 178 Å². The summed E-state index contributed by atoms with van der Waals surface area (Å²) in [5.41, 5.74) is 3.11. The summed E-state index contributed by atoms with van der Waals surface area (Å²) in [7, 11) is 1.27. The third-order valence-corrected chi connectivity index (χ3v) is 5.80. The van der Waals surface area contributed by atoms with Crippen molar-refractivity contribution in [2.24, 2.45) is 0 Å². The van der Waals surface area contributed by atoms with Gasteiger partial charge < -0.3 is 15.4 Å². The largest absolute Gasteiger partial charge is 0.465 e. The summed E-state index contributed by atoms with van der Waals surface area (Å²) in [5.74, 6) is -1.23. The summed E-state index contributed by atoms with van der Waals surface area (Å²) in [6.45, 7) is 3.56. The Morgan fingerprint density at radius 3 is 2.27 bits per heavy atom. The smallest absolute Gasteiger partial charge is 0.341 e. The number of amides is 2. The topological polar surface area (TPSA) is 84.5 Å². The molecular formula is C23H22N2O4S. The number of carbonyl (C=O) groups excluding carboxylic acids is 3. The van der Waals surface area contributed by atoms with Gasteiger partial charge in [-0.2, -0.15) is 0 Å². The Bertz CT molecular complexity index is 1090. The number of benzene rings is 2. The number of methoxy groups -OCH3 is 1. The van der Waals surface area contributed by atoms with Gasteiger partial charge in [-0.3, -0.25) is 9.59 Å². The molecule has 0 radical (unpaired) electrons. The van der Waals surface area contributed by atoms with Crippen molar-refractivity contribution in [3.63, 3.8) is 0 Å². The normalized spacial score (nSPS) is 10.4. The van der Waals surface area contributed by atoms with E-state index in [0.29, 0.717) is 21.1 Å². The molecule has 0 unspecified atom stereocenters. The number of thiophene rings is 1. The molecule has 2 N–H and O–H groups in total. The average Bonchev–Trinajstić information content (AvgIpc) is 3.05. The van der Waals surface area contributed by atoms with E-state index >= 15 is 0 Å². The maximum atomic E-state index is 12.9. The molecule has 30 heavy (non-hydrogen) atoms. The average molecular weight is 423 g/mol. The molecule has 0 spiro atoms. The van der Waals surface area contributed by atoms with E-state index in [1.165, 1.54) is 7.11 Å². The first kappa shape index (κ1) is 21.3. The highest BCUT2D eigenvalue weighted by Gasteiger charge is 2.26. The number of nitrogens with one attached hydrogen (secondary N) is 2. The van der Waals surface area contributed by atoms with Gasteiger partial charge in [0, 0.05) is 5.69 Å². The van der Waals surface area contributed by atoms with Crippen molar-refractivity contribution < 1.29 is 19.1 Å². The zero-order valence-corrected chi connectivity index (χ0v) is 17.8. The summed E-state index contributed by atoms with van der Waals surface area (Å²) in [6, 6.07) is 16.7. The molecule has 1 aromatic heterocycles. The van der Waals surface area contributed by atoms with E-state index in [1.807, 2.05) is 55.5 Å². The van der Waals surface area contributed by atoms with Crippen molar-refractivity contribution in [2.45, 2.75) is 20.3 Å². The fourth-order valence-electron chi connectivity index (χ4n) is 3.01. The van der Waals surface area contributed by atoms with Crippen LogP contribution in [0.2, 0.25) is 0 Å². The lowest BCUT2D eigenvalue weighted by atomic mass is 10.1. The molecule has 0 saturated heterocycles. The van der Waals surface area contributed by atoms with Crippen LogP contribution in [-0.2, 0) is 16.0 Å². The molecule has 3 rings (SSSR count). The van der Waals surface area contributed by atoms with Gasteiger partial charge in [0.1, 0.15) is 5.00 Å². The van der Waals surface area contributed by atoms with Crippen molar-refractivity contribution in [3.05, 3.63) is 81.7 Å². The van der Waals surface area contributed by atoms with Crippen molar-refractivity contribution >= 4 is 39.8 Å². The lowest BCUT2D eigenvalue weighted by Gasteiger charge is -2.07. The van der Waals surface area contributed by atoms with Crippen molar-refractivity contribution in [3.8, 4) is 0 Å². The Morgan fingerprint density at radius 1 is 0.933 bits per heavy atom. The quantitative estimate of drug-likeness (QED) is 0.569. The first-order valence-corrected chi connectivity index (χ1v) is 10.1. The predicted molar refractivity (Wildman–Crippen MR) is 118 cm³/mol. The molecule has 2 aromatic carbocycles. The molecule has 0 saturated carbocycles. The number of anilines is 2. The summed E-state index contributed by atoms with van der Waals surface area (Å²) < 4.78 is 4.87. The van der Waals surface area contributed by atoms with Gasteiger partial charge in [-0.1, -0.05) is 48.5 Å². The molecule has 0 fully saturated rings. The lowest BCUT2D eigenvalue weighted by Crippen LogP contribution is -2.16. The Kier molecular flexibility index (Phi) is 6.64. The van der Waals surface area contributed by atoms with E-state index in [-0.39, 0.29) is 23.8 Å².